The van der Waals surface area contributed by atoms with Gasteiger partial charge in [0, 0.05) is 30.0 Å². The van der Waals surface area contributed by atoms with E-state index in [-0.39, 0.29) is 18.0 Å². The Balaban J connectivity index is 1.61. The molecule has 0 atom stereocenters. The van der Waals surface area contributed by atoms with Gasteiger partial charge >= 0.3 is 0 Å². The average molecular weight is 371 g/mol. The first kappa shape index (κ1) is 17.8. The number of nitrogens with one attached hydrogen (secondary N) is 1. The van der Waals surface area contributed by atoms with E-state index in [0.717, 1.165) is 10.9 Å². The first-order chi connectivity index (χ1) is 13.6. The Bertz CT molecular complexity index is 1190. The van der Waals surface area contributed by atoms with Crippen LogP contribution in [0.25, 0.3) is 10.9 Å². The summed E-state index contributed by atoms with van der Waals surface area (Å²) in [5.74, 6) is -0.232. The fourth-order valence-electron chi connectivity index (χ4n) is 3.38. The maximum Gasteiger partial charge on any atom is 0.275 e. The van der Waals surface area contributed by atoms with Crippen LogP contribution in [-0.2, 0) is 17.9 Å². The van der Waals surface area contributed by atoms with Gasteiger partial charge in [0.25, 0.3) is 5.56 Å². The van der Waals surface area contributed by atoms with Gasteiger partial charge in [0.05, 0.1) is 0 Å². The van der Waals surface area contributed by atoms with Gasteiger partial charge in [-0.1, -0.05) is 48.0 Å². The number of anilines is 1. The molecule has 0 saturated carbocycles. The maximum absolute atomic E-state index is 13.0. The van der Waals surface area contributed by atoms with Crippen LogP contribution in [0.4, 0.5) is 5.69 Å². The Morgan fingerprint density at radius 2 is 1.68 bits per heavy atom. The number of aryl methyl sites for hydroxylation is 1. The van der Waals surface area contributed by atoms with Crippen molar-refractivity contribution in [2.24, 2.45) is 0 Å². The molecule has 0 spiro atoms. The SMILES string of the molecule is Cc1cccc(Cn2ccc3ccn(CC(=O)Nc4ccccc4)c(=O)c32)c1. The van der Waals surface area contributed by atoms with Gasteiger partial charge in [-0.15, -0.1) is 0 Å². The number of aromatic nitrogens is 2. The number of benzene rings is 2. The highest BCUT2D eigenvalue weighted by molar-refractivity contribution is 5.90. The Hall–Kier alpha value is -3.60. The Morgan fingerprint density at radius 1 is 0.929 bits per heavy atom. The second-order valence-corrected chi connectivity index (χ2v) is 6.90. The fourth-order valence-corrected chi connectivity index (χ4v) is 3.38. The third-order valence-corrected chi connectivity index (χ3v) is 4.70. The van der Waals surface area contributed by atoms with E-state index in [4.69, 9.17) is 0 Å². The molecule has 2 aromatic heterocycles. The number of fused-ring (bicyclic) bond motifs is 1. The van der Waals surface area contributed by atoms with E-state index in [1.165, 1.54) is 10.1 Å². The average Bonchev–Trinajstić information content (AvgIpc) is 3.08. The lowest BCUT2D eigenvalue weighted by Gasteiger charge is -2.10. The first-order valence-corrected chi connectivity index (χ1v) is 9.19. The first-order valence-electron chi connectivity index (χ1n) is 9.19. The van der Waals surface area contributed by atoms with E-state index in [1.807, 2.05) is 65.4 Å². The number of hydrogen-bond donors (Lipinski definition) is 1. The molecule has 1 N–H and O–H groups in total. The van der Waals surface area contributed by atoms with E-state index in [2.05, 4.69) is 24.4 Å². The molecule has 4 rings (SSSR count). The Kier molecular flexibility index (Phi) is 4.81. The molecule has 0 aliphatic rings. The van der Waals surface area contributed by atoms with Crippen LogP contribution in [0.2, 0.25) is 0 Å². The number of rotatable bonds is 5. The van der Waals surface area contributed by atoms with Crippen LogP contribution in [0.3, 0.4) is 0 Å². The molecule has 28 heavy (non-hydrogen) atoms. The zero-order chi connectivity index (χ0) is 19.5. The summed E-state index contributed by atoms with van der Waals surface area (Å²) in [6.07, 6.45) is 3.59. The van der Waals surface area contributed by atoms with Crippen molar-refractivity contribution < 1.29 is 4.79 Å². The van der Waals surface area contributed by atoms with Crippen LogP contribution in [0.5, 0.6) is 0 Å². The standard InChI is InChI=1S/C23H21N3O2/c1-17-6-5-7-18(14-17)15-25-12-10-19-11-13-26(23(28)22(19)25)16-21(27)24-20-8-3-2-4-9-20/h2-14H,15-16H2,1H3,(H,24,27). The summed E-state index contributed by atoms with van der Waals surface area (Å²) in [7, 11) is 0. The summed E-state index contributed by atoms with van der Waals surface area (Å²) in [6.45, 7) is 2.63. The topological polar surface area (TPSA) is 56.0 Å². The van der Waals surface area contributed by atoms with Crippen LogP contribution >= 0.6 is 0 Å². The molecule has 0 fully saturated rings. The van der Waals surface area contributed by atoms with Crippen molar-refractivity contribution in [3.05, 3.63) is 101 Å². The largest absolute Gasteiger partial charge is 0.339 e. The number of carbonyl (C=O) groups excluding carboxylic acids is 1. The monoisotopic (exact) mass is 371 g/mol. The van der Waals surface area contributed by atoms with Gasteiger partial charge in [-0.3, -0.25) is 9.59 Å². The van der Waals surface area contributed by atoms with Gasteiger partial charge in [0.2, 0.25) is 5.91 Å². The van der Waals surface area contributed by atoms with Gasteiger partial charge in [-0.25, -0.2) is 0 Å². The molecule has 0 aliphatic carbocycles. The summed E-state index contributed by atoms with van der Waals surface area (Å²) in [5, 5.41) is 3.69. The van der Waals surface area contributed by atoms with Crippen molar-refractivity contribution in [1.29, 1.82) is 0 Å². The van der Waals surface area contributed by atoms with Crippen LogP contribution < -0.4 is 10.9 Å². The molecule has 0 unspecified atom stereocenters. The van der Waals surface area contributed by atoms with Crippen LogP contribution in [0.15, 0.2) is 83.9 Å². The Morgan fingerprint density at radius 3 is 2.43 bits per heavy atom. The zero-order valence-electron chi connectivity index (χ0n) is 15.6. The highest BCUT2D eigenvalue weighted by Crippen LogP contribution is 2.15. The molecule has 2 heterocycles. The smallest absolute Gasteiger partial charge is 0.275 e. The predicted molar refractivity (Wildman–Crippen MR) is 112 cm³/mol. The summed E-state index contributed by atoms with van der Waals surface area (Å²) in [4.78, 5) is 25.4. The van der Waals surface area contributed by atoms with Crippen LogP contribution in [0.1, 0.15) is 11.1 Å². The normalized spacial score (nSPS) is 10.9. The molecule has 5 heteroatoms. The van der Waals surface area contributed by atoms with E-state index in [9.17, 15) is 9.59 Å². The predicted octanol–water partition coefficient (Wildman–Crippen LogP) is 3.80. The summed E-state index contributed by atoms with van der Waals surface area (Å²) in [6, 6.07) is 21.3. The zero-order valence-corrected chi connectivity index (χ0v) is 15.6. The molecule has 0 bridgehead atoms. The lowest BCUT2D eigenvalue weighted by Crippen LogP contribution is -2.28. The molecule has 0 aliphatic heterocycles. The number of para-hydroxylation sites is 1. The van der Waals surface area contributed by atoms with Crippen molar-refractivity contribution in [3.8, 4) is 0 Å². The molecular formula is C23H21N3O2. The third kappa shape index (κ3) is 3.74. The minimum Gasteiger partial charge on any atom is -0.339 e. The summed E-state index contributed by atoms with van der Waals surface area (Å²) >= 11 is 0. The maximum atomic E-state index is 13.0. The van der Waals surface area contributed by atoms with Crippen LogP contribution in [-0.4, -0.2) is 15.0 Å². The number of pyridine rings is 1. The lowest BCUT2D eigenvalue weighted by molar-refractivity contribution is -0.116. The molecule has 0 radical (unpaired) electrons. The quantitative estimate of drug-likeness (QED) is 0.580. The minimum atomic E-state index is -0.232. The number of hydrogen-bond acceptors (Lipinski definition) is 2. The van der Waals surface area contributed by atoms with E-state index >= 15 is 0 Å². The molecule has 140 valence electrons. The van der Waals surface area contributed by atoms with Gasteiger partial charge < -0.3 is 14.5 Å². The van der Waals surface area contributed by atoms with Gasteiger partial charge in [-0.2, -0.15) is 0 Å². The Labute approximate surface area is 162 Å². The number of carbonyl (C=O) groups is 1. The van der Waals surface area contributed by atoms with Gasteiger partial charge in [0.15, 0.2) is 0 Å². The summed E-state index contributed by atoms with van der Waals surface area (Å²) < 4.78 is 3.39. The fraction of sp³-hybridized carbons (Fsp3) is 0.130. The minimum absolute atomic E-state index is 0.0285. The lowest BCUT2D eigenvalue weighted by atomic mass is 10.1. The molecule has 0 saturated heterocycles. The van der Waals surface area contributed by atoms with Gasteiger partial charge in [-0.05, 0) is 36.8 Å². The highest BCUT2D eigenvalue weighted by Gasteiger charge is 2.11. The van der Waals surface area contributed by atoms with E-state index in [0.29, 0.717) is 17.7 Å². The highest BCUT2D eigenvalue weighted by atomic mass is 16.2. The van der Waals surface area contributed by atoms with E-state index in [1.54, 1.807) is 6.20 Å². The van der Waals surface area contributed by atoms with Crippen molar-refractivity contribution in [2.45, 2.75) is 20.0 Å². The second kappa shape index (κ2) is 7.56. The van der Waals surface area contributed by atoms with Crippen molar-refractivity contribution in [2.75, 3.05) is 5.32 Å². The van der Waals surface area contributed by atoms with E-state index < -0.39 is 0 Å². The second-order valence-electron chi connectivity index (χ2n) is 6.90. The van der Waals surface area contributed by atoms with Crippen molar-refractivity contribution in [1.82, 2.24) is 9.13 Å². The number of amides is 1. The van der Waals surface area contributed by atoms with Crippen molar-refractivity contribution >= 4 is 22.5 Å². The number of nitrogens with zero attached hydrogens (tertiary/aromatic N) is 2. The molecule has 1 amide bonds. The molecular weight excluding hydrogens is 350 g/mol. The van der Waals surface area contributed by atoms with Gasteiger partial charge in [0.1, 0.15) is 12.1 Å². The summed E-state index contributed by atoms with van der Waals surface area (Å²) in [5.41, 5.74) is 3.47. The molecule has 5 nitrogen and oxygen atoms in total. The van der Waals surface area contributed by atoms with Crippen LogP contribution in [0, 0.1) is 6.92 Å². The molecule has 4 aromatic rings. The van der Waals surface area contributed by atoms with Crippen molar-refractivity contribution in [3.63, 3.8) is 0 Å². The molecule has 2 aromatic carbocycles. The third-order valence-electron chi connectivity index (χ3n) is 4.70.